The molecule has 0 aliphatic carbocycles. The van der Waals surface area contributed by atoms with Crippen LogP contribution in [0.5, 0.6) is 5.75 Å². The summed E-state index contributed by atoms with van der Waals surface area (Å²) in [4.78, 5) is 11.8. The topological polar surface area (TPSA) is 98.3 Å². The van der Waals surface area contributed by atoms with E-state index in [1.807, 2.05) is 24.3 Å². The number of benzene rings is 1. The van der Waals surface area contributed by atoms with E-state index in [4.69, 9.17) is 10.5 Å². The van der Waals surface area contributed by atoms with Crippen LogP contribution in [0, 0.1) is 6.92 Å². The van der Waals surface area contributed by atoms with Gasteiger partial charge in [-0.1, -0.05) is 0 Å². The number of aromatic nitrogens is 3. The average molecular weight is 258 g/mol. The summed E-state index contributed by atoms with van der Waals surface area (Å²) in [7, 11) is 1.62. The number of rotatable bonds is 4. The van der Waals surface area contributed by atoms with E-state index in [9.17, 15) is 0 Å². The molecule has 0 saturated carbocycles. The number of nitrogens with one attached hydrogen (secondary N) is 1. The zero-order valence-electron chi connectivity index (χ0n) is 10.7. The second kappa shape index (κ2) is 5.76. The van der Waals surface area contributed by atoms with Crippen molar-refractivity contribution >= 4 is 18.1 Å². The molecule has 0 aliphatic heterocycles. The monoisotopic (exact) mass is 258 g/mol. The standard InChI is InChI=1S/C12H14N6O/c1-8-15-11(13)17-12(16-8)18-14-7-9-3-5-10(19-2)6-4-9/h3-7H,1-2H3,(H3,13,15,16,17,18)/b14-7+. The molecule has 0 saturated heterocycles. The highest BCUT2D eigenvalue weighted by atomic mass is 16.5. The van der Waals surface area contributed by atoms with Crippen molar-refractivity contribution in [1.29, 1.82) is 0 Å². The Morgan fingerprint density at radius 2 is 1.95 bits per heavy atom. The minimum Gasteiger partial charge on any atom is -0.497 e. The van der Waals surface area contributed by atoms with Crippen molar-refractivity contribution in [3.05, 3.63) is 35.7 Å². The van der Waals surface area contributed by atoms with Gasteiger partial charge in [0.25, 0.3) is 0 Å². The third kappa shape index (κ3) is 3.63. The molecule has 7 heteroatoms. The SMILES string of the molecule is COc1ccc(/C=N/Nc2nc(C)nc(N)n2)cc1. The van der Waals surface area contributed by atoms with Crippen LogP contribution < -0.4 is 15.9 Å². The van der Waals surface area contributed by atoms with Crippen LogP contribution in [0.1, 0.15) is 11.4 Å². The Hall–Kier alpha value is -2.70. The van der Waals surface area contributed by atoms with Gasteiger partial charge in [0.15, 0.2) is 0 Å². The largest absolute Gasteiger partial charge is 0.497 e. The molecule has 7 nitrogen and oxygen atoms in total. The van der Waals surface area contributed by atoms with Crippen molar-refractivity contribution in [1.82, 2.24) is 15.0 Å². The van der Waals surface area contributed by atoms with Gasteiger partial charge in [-0.2, -0.15) is 20.1 Å². The van der Waals surface area contributed by atoms with Crippen LogP contribution in [0.15, 0.2) is 29.4 Å². The number of nitrogens with two attached hydrogens (primary N) is 1. The van der Waals surface area contributed by atoms with Crippen molar-refractivity contribution in [3.63, 3.8) is 0 Å². The van der Waals surface area contributed by atoms with Gasteiger partial charge in [-0.25, -0.2) is 5.43 Å². The predicted molar refractivity (Wildman–Crippen MR) is 73.2 cm³/mol. The summed E-state index contributed by atoms with van der Waals surface area (Å²) in [5.41, 5.74) is 9.13. The van der Waals surface area contributed by atoms with Crippen molar-refractivity contribution in [2.24, 2.45) is 5.10 Å². The normalized spacial score (nSPS) is 10.6. The Morgan fingerprint density at radius 3 is 2.58 bits per heavy atom. The molecule has 19 heavy (non-hydrogen) atoms. The van der Waals surface area contributed by atoms with E-state index in [0.29, 0.717) is 11.8 Å². The second-order valence-corrected chi connectivity index (χ2v) is 3.71. The first-order chi connectivity index (χ1) is 9.17. The van der Waals surface area contributed by atoms with Crippen molar-refractivity contribution in [2.75, 3.05) is 18.3 Å². The van der Waals surface area contributed by atoms with E-state index < -0.39 is 0 Å². The van der Waals surface area contributed by atoms with Gasteiger partial charge in [-0.05, 0) is 36.8 Å². The molecule has 0 bridgehead atoms. The third-order valence-corrected chi connectivity index (χ3v) is 2.26. The molecule has 0 fully saturated rings. The summed E-state index contributed by atoms with van der Waals surface area (Å²) in [6.45, 7) is 1.73. The highest BCUT2D eigenvalue weighted by Crippen LogP contribution is 2.09. The molecule has 0 spiro atoms. The maximum atomic E-state index is 5.51. The first-order valence-corrected chi connectivity index (χ1v) is 5.58. The highest BCUT2D eigenvalue weighted by molar-refractivity contribution is 5.80. The van der Waals surface area contributed by atoms with E-state index in [2.05, 4.69) is 25.5 Å². The van der Waals surface area contributed by atoms with Gasteiger partial charge in [0.2, 0.25) is 11.9 Å². The minimum atomic E-state index is 0.162. The Kier molecular flexibility index (Phi) is 3.87. The summed E-state index contributed by atoms with van der Waals surface area (Å²) in [5.74, 6) is 1.81. The number of methoxy groups -OCH3 is 1. The van der Waals surface area contributed by atoms with Gasteiger partial charge in [0, 0.05) is 0 Å². The first kappa shape index (κ1) is 12.7. The number of ether oxygens (including phenoxy) is 1. The molecule has 1 aromatic heterocycles. The molecular formula is C12H14N6O. The summed E-state index contributed by atoms with van der Waals surface area (Å²) >= 11 is 0. The number of nitrogen functional groups attached to an aromatic ring is 1. The molecule has 1 aromatic carbocycles. The van der Waals surface area contributed by atoms with E-state index in [1.54, 1.807) is 20.2 Å². The number of aryl methyl sites for hydroxylation is 1. The van der Waals surface area contributed by atoms with Crippen molar-refractivity contribution < 1.29 is 4.74 Å². The predicted octanol–water partition coefficient (Wildman–Crippen LogP) is 1.22. The van der Waals surface area contributed by atoms with Crippen LogP contribution in [0.4, 0.5) is 11.9 Å². The molecule has 0 unspecified atom stereocenters. The van der Waals surface area contributed by atoms with Gasteiger partial charge in [0.1, 0.15) is 11.6 Å². The molecule has 2 aromatic rings. The fourth-order valence-electron chi connectivity index (χ4n) is 1.41. The van der Waals surface area contributed by atoms with Crippen LogP contribution in [0.2, 0.25) is 0 Å². The number of hydrogen-bond donors (Lipinski definition) is 2. The van der Waals surface area contributed by atoms with Crippen LogP contribution in [-0.4, -0.2) is 28.3 Å². The van der Waals surface area contributed by atoms with Crippen LogP contribution in [0.25, 0.3) is 0 Å². The molecule has 1 heterocycles. The fourth-order valence-corrected chi connectivity index (χ4v) is 1.41. The Bertz CT molecular complexity index is 561. The fraction of sp³-hybridized carbons (Fsp3) is 0.167. The van der Waals surface area contributed by atoms with Gasteiger partial charge >= 0.3 is 0 Å². The van der Waals surface area contributed by atoms with Crippen molar-refractivity contribution in [2.45, 2.75) is 6.92 Å². The van der Waals surface area contributed by atoms with E-state index in [1.165, 1.54) is 0 Å². The number of hydrogen-bond acceptors (Lipinski definition) is 7. The van der Waals surface area contributed by atoms with Crippen LogP contribution in [0.3, 0.4) is 0 Å². The molecule has 0 radical (unpaired) electrons. The lowest BCUT2D eigenvalue weighted by atomic mass is 10.2. The van der Waals surface area contributed by atoms with Crippen molar-refractivity contribution in [3.8, 4) is 5.75 Å². The van der Waals surface area contributed by atoms with Gasteiger partial charge in [-0.3, -0.25) is 0 Å². The third-order valence-electron chi connectivity index (χ3n) is 2.26. The van der Waals surface area contributed by atoms with Gasteiger partial charge in [0.05, 0.1) is 13.3 Å². The lowest BCUT2D eigenvalue weighted by Gasteiger charge is -2.01. The summed E-state index contributed by atoms with van der Waals surface area (Å²) in [5, 5.41) is 4.03. The molecule has 0 amide bonds. The first-order valence-electron chi connectivity index (χ1n) is 5.58. The maximum absolute atomic E-state index is 5.51. The summed E-state index contributed by atoms with van der Waals surface area (Å²) in [6, 6.07) is 7.48. The van der Waals surface area contributed by atoms with Crippen LogP contribution in [-0.2, 0) is 0 Å². The second-order valence-electron chi connectivity index (χ2n) is 3.71. The quantitative estimate of drug-likeness (QED) is 0.632. The highest BCUT2D eigenvalue weighted by Gasteiger charge is 1.98. The molecular weight excluding hydrogens is 244 g/mol. The van der Waals surface area contributed by atoms with Crippen LogP contribution >= 0.6 is 0 Å². The number of hydrazone groups is 1. The van der Waals surface area contributed by atoms with E-state index >= 15 is 0 Å². The zero-order valence-corrected chi connectivity index (χ0v) is 10.7. The average Bonchev–Trinajstić information content (AvgIpc) is 2.38. The van der Waals surface area contributed by atoms with E-state index in [0.717, 1.165) is 11.3 Å². The molecule has 2 rings (SSSR count). The van der Waals surface area contributed by atoms with Gasteiger partial charge < -0.3 is 10.5 Å². The van der Waals surface area contributed by atoms with E-state index in [-0.39, 0.29) is 5.95 Å². The Morgan fingerprint density at radius 1 is 1.21 bits per heavy atom. The lowest BCUT2D eigenvalue weighted by molar-refractivity contribution is 0.415. The molecule has 0 aliphatic rings. The summed E-state index contributed by atoms with van der Waals surface area (Å²) < 4.78 is 5.07. The number of nitrogens with zero attached hydrogens (tertiary/aromatic N) is 4. The smallest absolute Gasteiger partial charge is 0.248 e. The lowest BCUT2D eigenvalue weighted by Crippen LogP contribution is -2.04. The number of anilines is 2. The molecule has 3 N–H and O–H groups in total. The zero-order chi connectivity index (χ0) is 13.7. The Labute approximate surface area is 110 Å². The minimum absolute atomic E-state index is 0.162. The molecule has 0 atom stereocenters. The Balaban J connectivity index is 2.02. The molecule has 98 valence electrons. The van der Waals surface area contributed by atoms with Gasteiger partial charge in [-0.15, -0.1) is 0 Å². The maximum Gasteiger partial charge on any atom is 0.248 e. The summed E-state index contributed by atoms with van der Waals surface area (Å²) in [6.07, 6.45) is 1.65.